The minimum absolute atomic E-state index is 0. The van der Waals surface area contributed by atoms with Crippen molar-refractivity contribution in [3.8, 4) is 22.4 Å². The monoisotopic (exact) mass is 459 g/mol. The van der Waals surface area contributed by atoms with Gasteiger partial charge in [0.2, 0.25) is 0 Å². The van der Waals surface area contributed by atoms with Crippen LogP contribution in [0.15, 0.2) is 47.3 Å². The SMILES string of the molecule is Cc1cccc(C)c1-c1c[c-]c(-c2cscn2)cc1.[Pt]. The van der Waals surface area contributed by atoms with Crippen LogP contribution in [0.25, 0.3) is 22.4 Å². The first kappa shape index (κ1) is 15.2. The molecule has 3 rings (SSSR count). The van der Waals surface area contributed by atoms with Gasteiger partial charge in [-0.15, -0.1) is 41.2 Å². The van der Waals surface area contributed by atoms with Crippen molar-refractivity contribution in [1.29, 1.82) is 0 Å². The molecule has 3 heteroatoms. The summed E-state index contributed by atoms with van der Waals surface area (Å²) in [6.45, 7) is 4.30. The molecule has 1 aromatic heterocycles. The summed E-state index contributed by atoms with van der Waals surface area (Å²) in [4.78, 5) is 4.31. The summed E-state index contributed by atoms with van der Waals surface area (Å²) in [5.74, 6) is 0. The fourth-order valence-electron chi connectivity index (χ4n) is 2.36. The van der Waals surface area contributed by atoms with Crippen molar-refractivity contribution in [2.45, 2.75) is 13.8 Å². The van der Waals surface area contributed by atoms with Crippen molar-refractivity contribution >= 4 is 11.3 Å². The van der Waals surface area contributed by atoms with Crippen LogP contribution in [0.1, 0.15) is 11.1 Å². The number of hydrogen-bond donors (Lipinski definition) is 0. The van der Waals surface area contributed by atoms with Crippen molar-refractivity contribution in [2.24, 2.45) is 0 Å². The molecule has 0 unspecified atom stereocenters. The molecule has 104 valence electrons. The second-order valence-corrected chi connectivity index (χ2v) is 5.35. The number of aromatic nitrogens is 1. The van der Waals surface area contributed by atoms with Gasteiger partial charge in [-0.05, 0) is 24.9 Å². The smallest absolute Gasteiger partial charge is 0.0676 e. The summed E-state index contributed by atoms with van der Waals surface area (Å²) in [7, 11) is 0. The maximum Gasteiger partial charge on any atom is 0.0676 e. The van der Waals surface area contributed by atoms with E-state index in [1.807, 2.05) is 10.9 Å². The van der Waals surface area contributed by atoms with E-state index >= 15 is 0 Å². The molecule has 0 atom stereocenters. The van der Waals surface area contributed by atoms with Gasteiger partial charge >= 0.3 is 0 Å². The van der Waals surface area contributed by atoms with E-state index in [1.165, 1.54) is 22.3 Å². The summed E-state index contributed by atoms with van der Waals surface area (Å²) in [5, 5.41) is 2.05. The minimum Gasteiger partial charge on any atom is -0.293 e. The van der Waals surface area contributed by atoms with Gasteiger partial charge in [0, 0.05) is 21.1 Å². The maximum atomic E-state index is 4.31. The third kappa shape index (κ3) is 2.92. The first-order chi connectivity index (χ1) is 9.25. The number of thiazole rings is 1. The van der Waals surface area contributed by atoms with Crippen LogP contribution in [0.5, 0.6) is 0 Å². The van der Waals surface area contributed by atoms with E-state index in [9.17, 15) is 0 Å². The fraction of sp³-hybridized carbons (Fsp3) is 0.118. The molecular formula is C17H14NPtS-. The molecule has 0 N–H and O–H groups in total. The van der Waals surface area contributed by atoms with Crippen LogP contribution in [0.4, 0.5) is 0 Å². The second-order valence-electron chi connectivity index (χ2n) is 4.63. The van der Waals surface area contributed by atoms with Crippen LogP contribution in [0.2, 0.25) is 0 Å². The third-order valence-corrected chi connectivity index (χ3v) is 3.88. The van der Waals surface area contributed by atoms with Crippen LogP contribution >= 0.6 is 11.3 Å². The number of nitrogens with zero attached hydrogens (tertiary/aromatic N) is 1. The molecule has 0 fully saturated rings. The average molecular weight is 459 g/mol. The molecule has 0 saturated carbocycles. The summed E-state index contributed by atoms with van der Waals surface area (Å²) in [6, 6.07) is 16.0. The Morgan fingerprint density at radius 3 is 2.35 bits per heavy atom. The Morgan fingerprint density at radius 2 is 1.80 bits per heavy atom. The predicted octanol–water partition coefficient (Wildman–Crippen LogP) is 4.89. The molecule has 0 aliphatic heterocycles. The van der Waals surface area contributed by atoms with Crippen LogP contribution < -0.4 is 0 Å². The van der Waals surface area contributed by atoms with Crippen LogP contribution in [-0.4, -0.2) is 4.98 Å². The van der Waals surface area contributed by atoms with Crippen molar-refractivity contribution in [1.82, 2.24) is 4.98 Å². The van der Waals surface area contributed by atoms with E-state index in [4.69, 9.17) is 0 Å². The van der Waals surface area contributed by atoms with E-state index in [0.29, 0.717) is 0 Å². The Labute approximate surface area is 138 Å². The summed E-state index contributed by atoms with van der Waals surface area (Å²) < 4.78 is 0. The van der Waals surface area contributed by atoms with Gasteiger partial charge in [-0.25, -0.2) is 0 Å². The predicted molar refractivity (Wildman–Crippen MR) is 81.3 cm³/mol. The van der Waals surface area contributed by atoms with Gasteiger partial charge in [0.1, 0.15) is 0 Å². The number of benzene rings is 2. The molecule has 2 aromatic carbocycles. The molecule has 0 bridgehead atoms. The number of hydrogen-bond acceptors (Lipinski definition) is 2. The summed E-state index contributed by atoms with van der Waals surface area (Å²) in [6.07, 6.45) is 0. The Kier molecular flexibility index (Phi) is 4.90. The van der Waals surface area contributed by atoms with Gasteiger partial charge in [0.25, 0.3) is 0 Å². The van der Waals surface area contributed by atoms with Gasteiger partial charge in [-0.3, -0.25) is 4.98 Å². The van der Waals surface area contributed by atoms with E-state index in [1.54, 1.807) is 11.3 Å². The second kappa shape index (κ2) is 6.47. The molecule has 0 aliphatic carbocycles. The van der Waals surface area contributed by atoms with Crippen molar-refractivity contribution in [3.63, 3.8) is 0 Å². The van der Waals surface area contributed by atoms with E-state index in [0.717, 1.165) is 11.3 Å². The van der Waals surface area contributed by atoms with Gasteiger partial charge < -0.3 is 0 Å². The topological polar surface area (TPSA) is 12.9 Å². The molecule has 3 aromatic rings. The molecule has 0 radical (unpaired) electrons. The number of rotatable bonds is 2. The standard InChI is InChI=1S/C17H14NS.Pt/c1-12-4-3-5-13(2)17(12)15-8-6-14(7-9-15)16-10-19-11-18-16;/h3-6,8-11H,1-2H3;/q-1;. The van der Waals surface area contributed by atoms with Crippen LogP contribution in [0, 0.1) is 19.9 Å². The van der Waals surface area contributed by atoms with Crippen molar-refractivity contribution < 1.29 is 21.1 Å². The number of aryl methyl sites for hydroxylation is 2. The Bertz CT molecular complexity index is 667. The summed E-state index contributed by atoms with van der Waals surface area (Å²) in [5.41, 5.74) is 9.03. The van der Waals surface area contributed by atoms with Crippen molar-refractivity contribution in [3.05, 3.63) is 64.5 Å². The molecule has 20 heavy (non-hydrogen) atoms. The Hall–Kier alpha value is -1.24. The normalized spacial score (nSPS) is 10.1. The van der Waals surface area contributed by atoms with Gasteiger partial charge in [0.15, 0.2) is 0 Å². The molecule has 0 amide bonds. The van der Waals surface area contributed by atoms with Crippen LogP contribution in [-0.2, 0) is 21.1 Å². The van der Waals surface area contributed by atoms with Gasteiger partial charge in [0.05, 0.1) is 5.51 Å². The minimum atomic E-state index is 0. The zero-order valence-electron chi connectivity index (χ0n) is 11.3. The molecule has 0 spiro atoms. The van der Waals surface area contributed by atoms with Gasteiger partial charge in [-0.2, -0.15) is 0 Å². The van der Waals surface area contributed by atoms with E-state index in [2.05, 4.69) is 61.3 Å². The zero-order valence-corrected chi connectivity index (χ0v) is 14.4. The summed E-state index contributed by atoms with van der Waals surface area (Å²) >= 11 is 1.61. The zero-order chi connectivity index (χ0) is 13.2. The first-order valence-electron chi connectivity index (χ1n) is 6.22. The molecule has 1 heterocycles. The van der Waals surface area contributed by atoms with Crippen LogP contribution in [0.3, 0.4) is 0 Å². The van der Waals surface area contributed by atoms with Gasteiger partial charge in [-0.1, -0.05) is 40.5 Å². The largest absolute Gasteiger partial charge is 0.293 e. The quantitative estimate of drug-likeness (QED) is 0.498. The first-order valence-corrected chi connectivity index (χ1v) is 7.17. The average Bonchev–Trinajstić information content (AvgIpc) is 2.93. The Morgan fingerprint density at radius 1 is 1.05 bits per heavy atom. The third-order valence-electron chi connectivity index (χ3n) is 3.29. The molecular weight excluding hydrogens is 445 g/mol. The molecule has 0 aliphatic rings. The molecule has 0 saturated heterocycles. The van der Waals surface area contributed by atoms with E-state index in [-0.39, 0.29) is 21.1 Å². The van der Waals surface area contributed by atoms with E-state index < -0.39 is 0 Å². The molecule has 1 nitrogen and oxygen atoms in total. The maximum absolute atomic E-state index is 4.31. The van der Waals surface area contributed by atoms with Crippen molar-refractivity contribution in [2.75, 3.05) is 0 Å². The Balaban J connectivity index is 0.00000147. The fourth-order valence-corrected chi connectivity index (χ4v) is 2.91.